The first kappa shape index (κ1) is 23.0. The fourth-order valence-electron chi connectivity index (χ4n) is 3.21. The first-order valence-corrected chi connectivity index (χ1v) is 10.2. The lowest BCUT2D eigenvalue weighted by molar-refractivity contribution is -0.151. The third-order valence-electron chi connectivity index (χ3n) is 4.88. The number of ether oxygens (including phenoxy) is 3. The van der Waals surface area contributed by atoms with Crippen LogP contribution in [0.15, 0.2) is 16.6 Å². The third-order valence-corrected chi connectivity index (χ3v) is 5.66. The maximum Gasteiger partial charge on any atom is 0.309 e. The zero-order valence-electron chi connectivity index (χ0n) is 17.2. The highest BCUT2D eigenvalue weighted by atomic mass is 79.9. The van der Waals surface area contributed by atoms with Gasteiger partial charge in [-0.2, -0.15) is 0 Å². The van der Waals surface area contributed by atoms with Crippen molar-refractivity contribution < 1.29 is 28.6 Å². The van der Waals surface area contributed by atoms with E-state index in [1.54, 1.807) is 31.0 Å². The summed E-state index contributed by atoms with van der Waals surface area (Å²) in [5.41, 5.74) is 0.359. The molecular formula is C20H27BrN2O6. The smallest absolute Gasteiger partial charge is 0.309 e. The summed E-state index contributed by atoms with van der Waals surface area (Å²) in [6.07, 6.45) is 1.15. The average molecular weight is 471 g/mol. The molecule has 2 amide bonds. The molecule has 0 radical (unpaired) electrons. The van der Waals surface area contributed by atoms with Crippen molar-refractivity contribution in [3.8, 4) is 11.5 Å². The van der Waals surface area contributed by atoms with Crippen LogP contribution in [0.3, 0.4) is 0 Å². The highest BCUT2D eigenvalue weighted by molar-refractivity contribution is 9.10. The van der Waals surface area contributed by atoms with Crippen molar-refractivity contribution in [1.82, 2.24) is 9.80 Å². The van der Waals surface area contributed by atoms with E-state index in [9.17, 15) is 14.4 Å². The summed E-state index contributed by atoms with van der Waals surface area (Å²) in [4.78, 5) is 40.3. The van der Waals surface area contributed by atoms with Crippen molar-refractivity contribution >= 4 is 33.7 Å². The van der Waals surface area contributed by atoms with Gasteiger partial charge >= 0.3 is 5.97 Å². The molecule has 0 unspecified atom stereocenters. The Morgan fingerprint density at radius 2 is 1.69 bits per heavy atom. The molecule has 0 N–H and O–H groups in total. The van der Waals surface area contributed by atoms with Gasteiger partial charge in [0, 0.05) is 25.7 Å². The summed E-state index contributed by atoms with van der Waals surface area (Å²) < 4.78 is 16.2. The predicted octanol–water partition coefficient (Wildman–Crippen LogP) is 2.34. The van der Waals surface area contributed by atoms with Crippen LogP contribution < -0.4 is 9.47 Å². The van der Waals surface area contributed by atoms with Crippen molar-refractivity contribution in [1.29, 1.82) is 0 Å². The number of rotatable bonds is 7. The molecule has 0 saturated carbocycles. The molecule has 0 aromatic heterocycles. The number of carbonyl (C=O) groups excluding carboxylic acids is 3. The summed E-state index contributed by atoms with van der Waals surface area (Å²) in [6, 6.07) is 3.20. The van der Waals surface area contributed by atoms with Gasteiger partial charge in [0.1, 0.15) is 16.0 Å². The maximum atomic E-state index is 12.8. The van der Waals surface area contributed by atoms with Crippen LogP contribution in [0.4, 0.5) is 0 Å². The Bertz CT molecular complexity index is 736. The molecule has 1 aromatic carbocycles. The number of nitrogens with zero attached hydrogens (tertiary/aromatic N) is 2. The molecular weight excluding hydrogens is 444 g/mol. The van der Waals surface area contributed by atoms with E-state index in [0.717, 1.165) is 0 Å². The SMILES string of the molecule is CCOC(=O)C1CCN(C(=O)CN(C)C(=O)c2cc(OC)c(Br)c(OC)c2)CC1. The maximum absolute atomic E-state index is 12.8. The van der Waals surface area contributed by atoms with Gasteiger partial charge in [-0.15, -0.1) is 0 Å². The lowest BCUT2D eigenvalue weighted by atomic mass is 9.97. The molecule has 0 atom stereocenters. The second-order valence-corrected chi connectivity index (χ2v) is 7.56. The summed E-state index contributed by atoms with van der Waals surface area (Å²) in [5.74, 6) is 0.0936. The van der Waals surface area contributed by atoms with Crippen molar-refractivity contribution in [3.63, 3.8) is 0 Å². The minimum Gasteiger partial charge on any atom is -0.495 e. The monoisotopic (exact) mass is 470 g/mol. The highest BCUT2D eigenvalue weighted by Crippen LogP contribution is 2.35. The molecule has 1 aromatic rings. The number of piperidine rings is 1. The summed E-state index contributed by atoms with van der Waals surface area (Å²) in [5, 5.41) is 0. The van der Waals surface area contributed by atoms with E-state index in [4.69, 9.17) is 14.2 Å². The third kappa shape index (κ3) is 5.62. The second-order valence-electron chi connectivity index (χ2n) is 6.76. The van der Waals surface area contributed by atoms with Gasteiger partial charge in [0.2, 0.25) is 5.91 Å². The van der Waals surface area contributed by atoms with Crippen LogP contribution in [0.5, 0.6) is 11.5 Å². The quantitative estimate of drug-likeness (QED) is 0.568. The average Bonchev–Trinajstić information content (AvgIpc) is 2.73. The van der Waals surface area contributed by atoms with Crippen LogP contribution in [-0.2, 0) is 14.3 Å². The van der Waals surface area contributed by atoms with E-state index in [1.807, 2.05) is 0 Å². The van der Waals surface area contributed by atoms with Gasteiger partial charge < -0.3 is 24.0 Å². The molecule has 2 rings (SSSR count). The Kier molecular flexibility index (Phi) is 8.31. The largest absolute Gasteiger partial charge is 0.495 e. The van der Waals surface area contributed by atoms with E-state index in [2.05, 4.69) is 15.9 Å². The van der Waals surface area contributed by atoms with Gasteiger partial charge in [0.25, 0.3) is 5.91 Å². The zero-order valence-corrected chi connectivity index (χ0v) is 18.8. The predicted molar refractivity (Wildman–Crippen MR) is 110 cm³/mol. The number of carbonyl (C=O) groups is 3. The Morgan fingerprint density at radius 3 is 2.17 bits per heavy atom. The number of hydrogen-bond acceptors (Lipinski definition) is 6. The van der Waals surface area contributed by atoms with Crippen LogP contribution in [0.1, 0.15) is 30.1 Å². The van der Waals surface area contributed by atoms with E-state index >= 15 is 0 Å². The van der Waals surface area contributed by atoms with Crippen LogP contribution in [0.2, 0.25) is 0 Å². The molecule has 0 spiro atoms. The summed E-state index contributed by atoms with van der Waals surface area (Å²) in [6.45, 7) is 3.04. The lowest BCUT2D eigenvalue weighted by Crippen LogP contribution is -2.45. The van der Waals surface area contributed by atoms with Gasteiger partial charge in [-0.3, -0.25) is 14.4 Å². The molecule has 160 valence electrons. The van der Waals surface area contributed by atoms with E-state index in [0.29, 0.717) is 54.1 Å². The normalized spacial score (nSPS) is 14.3. The number of hydrogen-bond donors (Lipinski definition) is 0. The lowest BCUT2D eigenvalue weighted by Gasteiger charge is -2.32. The summed E-state index contributed by atoms with van der Waals surface area (Å²) >= 11 is 3.37. The second kappa shape index (κ2) is 10.5. The van der Waals surface area contributed by atoms with Crippen molar-refractivity contribution in [2.24, 2.45) is 5.92 Å². The minimum atomic E-state index is -0.316. The molecule has 1 saturated heterocycles. The fraction of sp³-hybridized carbons (Fsp3) is 0.550. The van der Waals surface area contributed by atoms with Crippen molar-refractivity contribution in [2.75, 3.05) is 47.5 Å². The first-order chi connectivity index (χ1) is 13.8. The van der Waals surface area contributed by atoms with Gasteiger partial charge in [-0.25, -0.2) is 0 Å². The number of esters is 1. The van der Waals surface area contributed by atoms with E-state index in [1.165, 1.54) is 19.1 Å². The van der Waals surface area contributed by atoms with Gasteiger partial charge in [0.15, 0.2) is 0 Å². The number of likely N-dealkylation sites (N-methyl/N-ethyl adjacent to an activating group) is 1. The van der Waals surface area contributed by atoms with Crippen LogP contribution in [-0.4, -0.2) is 75.1 Å². The Labute approximate surface area is 179 Å². The Morgan fingerprint density at radius 1 is 1.14 bits per heavy atom. The number of methoxy groups -OCH3 is 2. The number of likely N-dealkylation sites (tertiary alicyclic amines) is 1. The van der Waals surface area contributed by atoms with E-state index < -0.39 is 0 Å². The molecule has 0 aliphatic carbocycles. The minimum absolute atomic E-state index is 0.0520. The standard InChI is InChI=1S/C20H27BrN2O6/c1-5-29-20(26)13-6-8-23(9-7-13)17(24)12-22(2)19(25)14-10-15(27-3)18(21)16(11-14)28-4/h10-11,13H,5-9,12H2,1-4H3. The van der Waals surface area contributed by atoms with E-state index in [-0.39, 0.29) is 30.2 Å². The molecule has 1 aliphatic heterocycles. The Balaban J connectivity index is 1.98. The van der Waals surface area contributed by atoms with Gasteiger partial charge in [-0.1, -0.05) is 0 Å². The number of halogens is 1. The summed E-state index contributed by atoms with van der Waals surface area (Å²) in [7, 11) is 4.58. The van der Waals surface area contributed by atoms with Crippen molar-refractivity contribution in [3.05, 3.63) is 22.2 Å². The van der Waals surface area contributed by atoms with Gasteiger partial charge in [0.05, 0.1) is 33.3 Å². The molecule has 8 nitrogen and oxygen atoms in total. The topological polar surface area (TPSA) is 85.4 Å². The van der Waals surface area contributed by atoms with Crippen LogP contribution in [0, 0.1) is 5.92 Å². The molecule has 1 fully saturated rings. The molecule has 9 heteroatoms. The molecule has 0 bridgehead atoms. The number of amides is 2. The highest BCUT2D eigenvalue weighted by Gasteiger charge is 2.29. The molecule has 1 heterocycles. The first-order valence-electron chi connectivity index (χ1n) is 9.43. The van der Waals surface area contributed by atoms with Crippen LogP contribution >= 0.6 is 15.9 Å². The Hall–Kier alpha value is -2.29. The molecule has 1 aliphatic rings. The van der Waals surface area contributed by atoms with Crippen molar-refractivity contribution in [2.45, 2.75) is 19.8 Å². The van der Waals surface area contributed by atoms with Crippen LogP contribution in [0.25, 0.3) is 0 Å². The molecule has 29 heavy (non-hydrogen) atoms. The number of benzene rings is 1. The van der Waals surface area contributed by atoms with Gasteiger partial charge in [-0.05, 0) is 47.8 Å². The fourth-order valence-corrected chi connectivity index (χ4v) is 3.77. The zero-order chi connectivity index (χ0) is 21.6.